The SMILES string of the molecule is Cc1cc(N2CCCN(C(C)C)C2=O)nc2c(C(=O)O)cnn12. The van der Waals surface area contributed by atoms with Crippen molar-refractivity contribution in [3.8, 4) is 0 Å². The normalized spacial score (nSPS) is 15.7. The van der Waals surface area contributed by atoms with Gasteiger partial charge in [-0.1, -0.05) is 0 Å². The second-order valence-electron chi connectivity index (χ2n) is 5.93. The smallest absolute Gasteiger partial charge is 0.341 e. The van der Waals surface area contributed by atoms with Crippen LogP contribution in [-0.4, -0.2) is 55.7 Å². The van der Waals surface area contributed by atoms with E-state index in [0.29, 0.717) is 12.4 Å². The number of amides is 2. The second kappa shape index (κ2) is 5.53. The molecular weight excluding hydrogens is 298 g/mol. The largest absolute Gasteiger partial charge is 0.477 e. The van der Waals surface area contributed by atoms with Gasteiger partial charge in [-0.15, -0.1) is 0 Å². The predicted molar refractivity (Wildman–Crippen MR) is 83.9 cm³/mol. The van der Waals surface area contributed by atoms with Gasteiger partial charge in [0, 0.05) is 30.9 Å². The molecule has 1 aliphatic rings. The standard InChI is InChI=1S/C15H19N5O3/c1-9(2)18-5-4-6-19(15(18)23)12-7-10(3)20-13(17-12)11(8-16-20)14(21)22/h7-9H,4-6H2,1-3H3,(H,21,22). The number of carboxylic acids is 1. The lowest BCUT2D eigenvalue weighted by atomic mass is 10.2. The Hall–Kier alpha value is -2.64. The Morgan fingerprint density at radius 2 is 2.09 bits per heavy atom. The van der Waals surface area contributed by atoms with Crippen molar-refractivity contribution in [3.63, 3.8) is 0 Å². The van der Waals surface area contributed by atoms with Crippen LogP contribution in [-0.2, 0) is 0 Å². The van der Waals surface area contributed by atoms with E-state index in [1.54, 1.807) is 15.9 Å². The molecule has 8 nitrogen and oxygen atoms in total. The molecule has 2 aromatic heterocycles. The minimum absolute atomic E-state index is 0.0279. The van der Waals surface area contributed by atoms with Crippen LogP contribution in [0.1, 0.15) is 36.3 Å². The number of carbonyl (C=O) groups is 2. The van der Waals surface area contributed by atoms with E-state index in [1.165, 1.54) is 10.7 Å². The minimum Gasteiger partial charge on any atom is -0.477 e. The molecule has 8 heteroatoms. The molecule has 1 aliphatic heterocycles. The van der Waals surface area contributed by atoms with E-state index in [0.717, 1.165) is 18.7 Å². The van der Waals surface area contributed by atoms with E-state index in [2.05, 4.69) is 10.1 Å². The summed E-state index contributed by atoms with van der Waals surface area (Å²) in [5, 5.41) is 13.3. The van der Waals surface area contributed by atoms with Crippen LogP contribution in [0.2, 0.25) is 0 Å². The molecule has 0 aliphatic carbocycles. The average molecular weight is 317 g/mol. The Labute approximate surface area is 133 Å². The van der Waals surface area contributed by atoms with Crippen LogP contribution >= 0.6 is 0 Å². The van der Waals surface area contributed by atoms with E-state index < -0.39 is 5.97 Å². The fourth-order valence-electron chi connectivity index (χ4n) is 2.82. The average Bonchev–Trinajstić information content (AvgIpc) is 2.91. The Kier molecular flexibility index (Phi) is 3.67. The molecule has 1 fully saturated rings. The molecule has 0 saturated carbocycles. The summed E-state index contributed by atoms with van der Waals surface area (Å²) in [6.07, 6.45) is 2.13. The molecule has 2 aromatic rings. The van der Waals surface area contributed by atoms with Gasteiger partial charge in [0.25, 0.3) is 0 Å². The van der Waals surface area contributed by atoms with Crippen LogP contribution in [0.25, 0.3) is 5.65 Å². The third-order valence-electron chi connectivity index (χ3n) is 4.02. The highest BCUT2D eigenvalue weighted by Gasteiger charge is 2.30. The lowest BCUT2D eigenvalue weighted by molar-refractivity contribution is 0.0698. The van der Waals surface area contributed by atoms with Gasteiger partial charge in [-0.25, -0.2) is 19.1 Å². The van der Waals surface area contributed by atoms with E-state index >= 15 is 0 Å². The zero-order valence-electron chi connectivity index (χ0n) is 13.4. The maximum Gasteiger partial charge on any atom is 0.341 e. The molecule has 0 bridgehead atoms. The number of fused-ring (bicyclic) bond motifs is 1. The maximum absolute atomic E-state index is 12.6. The van der Waals surface area contributed by atoms with E-state index in [4.69, 9.17) is 0 Å². The minimum atomic E-state index is -1.09. The van der Waals surface area contributed by atoms with Gasteiger partial charge in [-0.05, 0) is 27.2 Å². The van der Waals surface area contributed by atoms with Gasteiger partial charge >= 0.3 is 12.0 Å². The first-order valence-corrected chi connectivity index (χ1v) is 7.57. The Bertz CT molecular complexity index is 783. The van der Waals surface area contributed by atoms with Gasteiger partial charge in [0.15, 0.2) is 5.65 Å². The monoisotopic (exact) mass is 317 g/mol. The molecule has 0 radical (unpaired) electrons. The number of aromatic nitrogens is 3. The van der Waals surface area contributed by atoms with Gasteiger partial charge in [0.05, 0.1) is 6.20 Å². The van der Waals surface area contributed by atoms with Gasteiger partial charge < -0.3 is 10.0 Å². The fraction of sp³-hybridized carbons (Fsp3) is 0.467. The zero-order valence-corrected chi connectivity index (χ0v) is 13.4. The molecular formula is C15H19N5O3. The maximum atomic E-state index is 12.6. The number of aryl methyl sites for hydroxylation is 1. The lowest BCUT2D eigenvalue weighted by Crippen LogP contribution is -2.52. The van der Waals surface area contributed by atoms with E-state index in [9.17, 15) is 14.7 Å². The highest BCUT2D eigenvalue weighted by molar-refractivity contribution is 5.95. The number of carbonyl (C=O) groups excluding carboxylic acids is 1. The van der Waals surface area contributed by atoms with Crippen molar-refractivity contribution in [1.29, 1.82) is 0 Å². The van der Waals surface area contributed by atoms with Crippen molar-refractivity contribution >= 4 is 23.5 Å². The van der Waals surface area contributed by atoms with Crippen molar-refractivity contribution in [2.45, 2.75) is 33.2 Å². The Balaban J connectivity index is 2.07. The molecule has 1 N–H and O–H groups in total. The molecule has 3 heterocycles. The molecule has 3 rings (SSSR count). The topological polar surface area (TPSA) is 91.0 Å². The van der Waals surface area contributed by atoms with Gasteiger partial charge in [-0.2, -0.15) is 5.10 Å². The first kappa shape index (κ1) is 15.3. The number of anilines is 1. The van der Waals surface area contributed by atoms with E-state index in [-0.39, 0.29) is 23.3 Å². The fourth-order valence-corrected chi connectivity index (χ4v) is 2.82. The molecule has 122 valence electrons. The highest BCUT2D eigenvalue weighted by Crippen LogP contribution is 2.22. The predicted octanol–water partition coefficient (Wildman–Crippen LogP) is 1.78. The molecule has 0 spiro atoms. The number of urea groups is 1. The van der Waals surface area contributed by atoms with E-state index in [1.807, 2.05) is 20.8 Å². The number of carboxylic acid groups (broad SMARTS) is 1. The first-order chi connectivity index (χ1) is 10.9. The number of hydrogen-bond acceptors (Lipinski definition) is 4. The van der Waals surface area contributed by atoms with Crippen LogP contribution in [0.3, 0.4) is 0 Å². The van der Waals surface area contributed by atoms with Crippen molar-refractivity contribution in [2.24, 2.45) is 0 Å². The molecule has 0 unspecified atom stereocenters. The van der Waals surface area contributed by atoms with Crippen LogP contribution in [0.15, 0.2) is 12.3 Å². The highest BCUT2D eigenvalue weighted by atomic mass is 16.4. The molecule has 0 atom stereocenters. The van der Waals surface area contributed by atoms with Crippen LogP contribution in [0.5, 0.6) is 0 Å². The lowest BCUT2D eigenvalue weighted by Gasteiger charge is -2.37. The van der Waals surface area contributed by atoms with Gasteiger partial charge in [-0.3, -0.25) is 4.90 Å². The molecule has 2 amide bonds. The zero-order chi connectivity index (χ0) is 16.7. The first-order valence-electron chi connectivity index (χ1n) is 7.57. The van der Waals surface area contributed by atoms with Crippen LogP contribution in [0.4, 0.5) is 10.6 Å². The summed E-state index contributed by atoms with van der Waals surface area (Å²) < 4.78 is 1.47. The van der Waals surface area contributed by atoms with Crippen LogP contribution < -0.4 is 4.90 Å². The summed E-state index contributed by atoms with van der Waals surface area (Å²) in [5.41, 5.74) is 1.01. The Morgan fingerprint density at radius 3 is 2.74 bits per heavy atom. The molecule has 23 heavy (non-hydrogen) atoms. The molecule has 1 saturated heterocycles. The number of nitrogens with zero attached hydrogens (tertiary/aromatic N) is 5. The van der Waals surface area contributed by atoms with Crippen molar-refractivity contribution < 1.29 is 14.7 Å². The van der Waals surface area contributed by atoms with Crippen LogP contribution in [0, 0.1) is 6.92 Å². The summed E-state index contributed by atoms with van der Waals surface area (Å²) >= 11 is 0. The summed E-state index contributed by atoms with van der Waals surface area (Å²) in [6, 6.07) is 1.77. The van der Waals surface area contributed by atoms with Gasteiger partial charge in [0.1, 0.15) is 11.4 Å². The third-order valence-corrected chi connectivity index (χ3v) is 4.02. The summed E-state index contributed by atoms with van der Waals surface area (Å²) in [4.78, 5) is 31.7. The quantitative estimate of drug-likeness (QED) is 0.931. The van der Waals surface area contributed by atoms with Crippen molar-refractivity contribution in [1.82, 2.24) is 19.5 Å². The third kappa shape index (κ3) is 2.49. The summed E-state index contributed by atoms with van der Waals surface area (Å²) in [5.74, 6) is -0.619. The van der Waals surface area contributed by atoms with Crippen molar-refractivity contribution in [2.75, 3.05) is 18.0 Å². The number of aromatic carboxylic acids is 1. The summed E-state index contributed by atoms with van der Waals surface area (Å²) in [6.45, 7) is 7.06. The second-order valence-corrected chi connectivity index (χ2v) is 5.93. The van der Waals surface area contributed by atoms with Crippen molar-refractivity contribution in [3.05, 3.63) is 23.5 Å². The number of rotatable bonds is 3. The number of hydrogen-bond donors (Lipinski definition) is 1. The van der Waals surface area contributed by atoms with Gasteiger partial charge in [0.2, 0.25) is 0 Å². The molecule has 0 aromatic carbocycles. The summed E-state index contributed by atoms with van der Waals surface area (Å²) in [7, 11) is 0. The Morgan fingerprint density at radius 1 is 1.35 bits per heavy atom.